The van der Waals surface area contributed by atoms with Gasteiger partial charge in [0.05, 0.1) is 0 Å². The third-order valence-electron chi connectivity index (χ3n) is 2.22. The number of rotatable bonds is 0. The first kappa shape index (κ1) is 8.57. The second-order valence-electron chi connectivity index (χ2n) is 4.39. The Morgan fingerprint density at radius 2 is 2.00 bits per heavy atom. The van der Waals surface area contributed by atoms with E-state index in [9.17, 15) is 4.79 Å². The highest BCUT2D eigenvalue weighted by Crippen LogP contribution is 2.25. The number of likely N-dealkylation sites (tertiary alicyclic amines) is 1. The molecule has 2 nitrogen and oxygen atoms in total. The zero-order chi connectivity index (χ0) is 8.65. The molecule has 1 fully saturated rings. The average Bonchev–Trinajstić information content (AvgIpc) is 1.83. The highest BCUT2D eigenvalue weighted by atomic mass is 16.2. The molecule has 1 aliphatic rings. The highest BCUT2D eigenvalue weighted by molar-refractivity contribution is 5.82. The van der Waals surface area contributed by atoms with Gasteiger partial charge < -0.3 is 4.90 Å². The van der Waals surface area contributed by atoms with Gasteiger partial charge in [0.25, 0.3) is 0 Å². The molecule has 1 rings (SSSR count). The summed E-state index contributed by atoms with van der Waals surface area (Å²) in [6.07, 6.45) is 1.17. The quantitative estimate of drug-likeness (QED) is 0.521. The Bertz CT molecular complexity index is 169. The minimum atomic E-state index is -0.200. The maximum absolute atomic E-state index is 11.6. The van der Waals surface area contributed by atoms with Gasteiger partial charge in [-0.1, -0.05) is 20.8 Å². The summed E-state index contributed by atoms with van der Waals surface area (Å²) in [5, 5.41) is 0. The molecular weight excluding hydrogens is 138 g/mol. The van der Waals surface area contributed by atoms with Crippen LogP contribution in [-0.2, 0) is 4.79 Å². The molecule has 1 atom stereocenters. The van der Waals surface area contributed by atoms with Crippen molar-refractivity contribution in [3.8, 4) is 0 Å². The Labute approximate surface area is 68.6 Å². The van der Waals surface area contributed by atoms with Gasteiger partial charge in [-0.25, -0.2) is 0 Å². The second kappa shape index (κ2) is 2.50. The largest absolute Gasteiger partial charge is 0.339 e. The number of carbonyl (C=O) groups excluding carboxylic acids is 1. The van der Waals surface area contributed by atoms with E-state index in [2.05, 4.69) is 6.92 Å². The molecule has 0 aliphatic carbocycles. The lowest BCUT2D eigenvalue weighted by molar-refractivity contribution is -0.146. The molecule has 1 aliphatic heterocycles. The molecule has 1 heterocycles. The molecule has 0 aromatic rings. The molecule has 0 saturated carbocycles. The molecule has 0 spiro atoms. The Morgan fingerprint density at radius 3 is 2.09 bits per heavy atom. The minimum absolute atomic E-state index is 0.200. The van der Waals surface area contributed by atoms with Crippen molar-refractivity contribution in [3.63, 3.8) is 0 Å². The van der Waals surface area contributed by atoms with E-state index in [1.54, 1.807) is 0 Å². The Balaban J connectivity index is 2.55. The topological polar surface area (TPSA) is 20.3 Å². The van der Waals surface area contributed by atoms with E-state index in [0.29, 0.717) is 6.04 Å². The second-order valence-corrected chi connectivity index (χ2v) is 4.39. The van der Waals surface area contributed by atoms with Crippen LogP contribution >= 0.6 is 0 Å². The summed E-state index contributed by atoms with van der Waals surface area (Å²) < 4.78 is 0. The highest BCUT2D eigenvalue weighted by Gasteiger charge is 2.34. The number of carbonyl (C=O) groups is 1. The fraction of sp³-hybridized carbons (Fsp3) is 0.889. The fourth-order valence-electron chi connectivity index (χ4n) is 1.25. The Morgan fingerprint density at radius 1 is 1.45 bits per heavy atom. The molecular formula is C9H17NO. The van der Waals surface area contributed by atoms with Gasteiger partial charge in [-0.15, -0.1) is 0 Å². The van der Waals surface area contributed by atoms with Crippen LogP contribution in [0.4, 0.5) is 0 Å². The van der Waals surface area contributed by atoms with Crippen LogP contribution in [0.3, 0.4) is 0 Å². The van der Waals surface area contributed by atoms with Crippen LogP contribution in [0, 0.1) is 5.41 Å². The normalized spacial score (nSPS) is 24.7. The number of hydrogen-bond acceptors (Lipinski definition) is 1. The molecule has 11 heavy (non-hydrogen) atoms. The van der Waals surface area contributed by atoms with Crippen LogP contribution in [0.2, 0.25) is 0 Å². The van der Waals surface area contributed by atoms with E-state index in [4.69, 9.17) is 0 Å². The lowest BCUT2D eigenvalue weighted by atomic mass is 9.91. The standard InChI is InChI=1S/C9H17NO/c1-7-5-6-10(7)8(11)9(2,3)4/h7H,5-6H2,1-4H3/t7-/m1/s1. The summed E-state index contributed by atoms with van der Waals surface area (Å²) in [7, 11) is 0. The van der Waals surface area contributed by atoms with Crippen molar-refractivity contribution >= 4 is 5.91 Å². The average molecular weight is 155 g/mol. The lowest BCUT2D eigenvalue weighted by Crippen LogP contribution is -2.53. The van der Waals surface area contributed by atoms with E-state index in [0.717, 1.165) is 6.54 Å². The summed E-state index contributed by atoms with van der Waals surface area (Å²) in [6, 6.07) is 0.474. The van der Waals surface area contributed by atoms with Gasteiger partial charge in [-0.2, -0.15) is 0 Å². The van der Waals surface area contributed by atoms with Gasteiger partial charge in [0.2, 0.25) is 5.91 Å². The van der Waals surface area contributed by atoms with E-state index in [1.807, 2.05) is 25.7 Å². The predicted octanol–water partition coefficient (Wildman–Crippen LogP) is 1.65. The van der Waals surface area contributed by atoms with Crippen LogP contribution in [0.1, 0.15) is 34.1 Å². The molecule has 64 valence electrons. The number of hydrogen-bond donors (Lipinski definition) is 0. The van der Waals surface area contributed by atoms with Crippen molar-refractivity contribution in [1.82, 2.24) is 4.90 Å². The van der Waals surface area contributed by atoms with Crippen molar-refractivity contribution in [1.29, 1.82) is 0 Å². The monoisotopic (exact) mass is 155 g/mol. The molecule has 0 N–H and O–H groups in total. The fourth-order valence-corrected chi connectivity index (χ4v) is 1.25. The van der Waals surface area contributed by atoms with Gasteiger partial charge in [0.1, 0.15) is 0 Å². The molecule has 0 bridgehead atoms. The smallest absolute Gasteiger partial charge is 0.228 e. The van der Waals surface area contributed by atoms with E-state index < -0.39 is 0 Å². The number of amides is 1. The van der Waals surface area contributed by atoms with Crippen molar-refractivity contribution in [2.75, 3.05) is 6.54 Å². The molecule has 0 radical (unpaired) electrons. The zero-order valence-corrected chi connectivity index (χ0v) is 7.85. The molecule has 1 saturated heterocycles. The van der Waals surface area contributed by atoms with Crippen molar-refractivity contribution in [2.24, 2.45) is 5.41 Å². The summed E-state index contributed by atoms with van der Waals surface area (Å²) in [6.45, 7) is 8.98. The van der Waals surface area contributed by atoms with Crippen LogP contribution in [0.25, 0.3) is 0 Å². The van der Waals surface area contributed by atoms with Gasteiger partial charge in [0, 0.05) is 18.0 Å². The summed E-state index contributed by atoms with van der Waals surface area (Å²) >= 11 is 0. The third kappa shape index (κ3) is 1.55. The first-order chi connectivity index (χ1) is 4.93. The first-order valence-electron chi connectivity index (χ1n) is 4.24. The van der Waals surface area contributed by atoms with E-state index in [-0.39, 0.29) is 11.3 Å². The molecule has 0 aromatic heterocycles. The first-order valence-corrected chi connectivity index (χ1v) is 4.24. The van der Waals surface area contributed by atoms with Crippen LogP contribution < -0.4 is 0 Å². The molecule has 0 unspecified atom stereocenters. The maximum atomic E-state index is 11.6. The maximum Gasteiger partial charge on any atom is 0.228 e. The van der Waals surface area contributed by atoms with Crippen molar-refractivity contribution < 1.29 is 4.79 Å². The molecule has 2 heteroatoms. The SMILES string of the molecule is C[C@@H]1CCN1C(=O)C(C)(C)C. The third-order valence-corrected chi connectivity index (χ3v) is 2.22. The number of nitrogens with zero attached hydrogens (tertiary/aromatic N) is 1. The Kier molecular flexibility index (Phi) is 1.95. The van der Waals surface area contributed by atoms with E-state index >= 15 is 0 Å². The van der Waals surface area contributed by atoms with Gasteiger partial charge >= 0.3 is 0 Å². The van der Waals surface area contributed by atoms with E-state index in [1.165, 1.54) is 6.42 Å². The van der Waals surface area contributed by atoms with Gasteiger partial charge in [0.15, 0.2) is 0 Å². The summed E-state index contributed by atoms with van der Waals surface area (Å²) in [5.74, 6) is 0.288. The van der Waals surface area contributed by atoms with Crippen molar-refractivity contribution in [3.05, 3.63) is 0 Å². The zero-order valence-electron chi connectivity index (χ0n) is 7.85. The predicted molar refractivity (Wildman–Crippen MR) is 45.2 cm³/mol. The Hall–Kier alpha value is -0.530. The molecule has 1 amide bonds. The van der Waals surface area contributed by atoms with Gasteiger partial charge in [-0.05, 0) is 13.3 Å². The van der Waals surface area contributed by atoms with Gasteiger partial charge in [-0.3, -0.25) is 4.79 Å². The minimum Gasteiger partial charge on any atom is -0.339 e. The summed E-state index contributed by atoms with van der Waals surface area (Å²) in [5.41, 5.74) is -0.200. The molecule has 0 aromatic carbocycles. The van der Waals surface area contributed by atoms with Crippen molar-refractivity contribution in [2.45, 2.75) is 40.2 Å². The van der Waals surface area contributed by atoms with Crippen LogP contribution in [0.15, 0.2) is 0 Å². The summed E-state index contributed by atoms with van der Waals surface area (Å²) in [4.78, 5) is 13.5. The van der Waals surface area contributed by atoms with Crippen LogP contribution in [-0.4, -0.2) is 23.4 Å². The van der Waals surface area contributed by atoms with Crippen LogP contribution in [0.5, 0.6) is 0 Å². The lowest BCUT2D eigenvalue weighted by Gasteiger charge is -2.42.